The largest absolute Gasteiger partial charge is 0.382 e. The molecular weight excluding hydrogens is 254 g/mol. The molecule has 3 N–H and O–H groups in total. The molecule has 3 nitrogen and oxygen atoms in total. The zero-order valence-corrected chi connectivity index (χ0v) is 11.7. The lowest BCUT2D eigenvalue weighted by molar-refractivity contribution is 1.11. The molecule has 0 atom stereocenters. The van der Waals surface area contributed by atoms with Crippen molar-refractivity contribution >= 4 is 17.2 Å². The summed E-state index contributed by atoms with van der Waals surface area (Å²) in [4.78, 5) is 2.44. The van der Waals surface area contributed by atoms with Crippen molar-refractivity contribution in [2.75, 3.05) is 5.73 Å². The second-order valence-corrected chi connectivity index (χ2v) is 5.92. The predicted molar refractivity (Wildman–Crippen MR) is 81.2 cm³/mol. The number of hydrogen-bond acceptors (Lipinski definition) is 3. The van der Waals surface area contributed by atoms with Crippen LogP contribution in [0.1, 0.15) is 10.4 Å². The van der Waals surface area contributed by atoms with Gasteiger partial charge < -0.3 is 5.73 Å². The molecule has 0 aliphatic carbocycles. The Morgan fingerprint density at radius 3 is 2.42 bits per heavy atom. The predicted octanol–water partition coefficient (Wildman–Crippen LogP) is 4.00. The molecule has 0 fully saturated rings. The topological polar surface area (TPSA) is 54.7 Å². The second-order valence-electron chi connectivity index (χ2n) is 4.64. The maximum atomic E-state index is 6.02. The molecule has 0 aliphatic rings. The van der Waals surface area contributed by atoms with Gasteiger partial charge in [-0.3, -0.25) is 5.10 Å². The highest BCUT2D eigenvalue weighted by Gasteiger charge is 2.15. The van der Waals surface area contributed by atoms with Crippen LogP contribution < -0.4 is 5.73 Å². The molecule has 0 bridgehead atoms. The number of anilines is 1. The lowest BCUT2D eigenvalue weighted by Crippen LogP contribution is -1.88. The Kier molecular flexibility index (Phi) is 2.87. The summed E-state index contributed by atoms with van der Waals surface area (Å²) in [6.45, 7) is 4.17. The fourth-order valence-corrected chi connectivity index (χ4v) is 2.98. The lowest BCUT2D eigenvalue weighted by Gasteiger charge is -2.03. The fraction of sp³-hybridized carbons (Fsp3) is 0.133. The Bertz CT molecular complexity index is 707. The molecule has 0 aliphatic heterocycles. The number of aryl methyl sites for hydroxylation is 2. The summed E-state index contributed by atoms with van der Waals surface area (Å²) in [5.74, 6) is 0.546. The highest BCUT2D eigenvalue weighted by atomic mass is 32.1. The number of thiophene rings is 1. The van der Waals surface area contributed by atoms with E-state index in [1.54, 1.807) is 11.3 Å². The van der Waals surface area contributed by atoms with Crippen LogP contribution in [0.2, 0.25) is 0 Å². The molecule has 96 valence electrons. The smallest absolute Gasteiger partial charge is 0.153 e. The first-order valence-electron chi connectivity index (χ1n) is 6.13. The molecule has 3 aromatic rings. The van der Waals surface area contributed by atoms with E-state index in [1.807, 2.05) is 0 Å². The third-order valence-electron chi connectivity index (χ3n) is 3.12. The standard InChI is InChI=1S/C15H15N3S/c1-9-3-6-11(7-4-9)13-14(17-18-15(13)16)12-8-5-10(2)19-12/h3-8H,1-2H3,(H3,16,17,18). The minimum atomic E-state index is 0.546. The number of nitrogen functional groups attached to an aromatic ring is 1. The Hall–Kier alpha value is -2.07. The summed E-state index contributed by atoms with van der Waals surface area (Å²) in [6, 6.07) is 12.6. The molecule has 0 saturated heterocycles. The third-order valence-corrected chi connectivity index (χ3v) is 4.14. The quantitative estimate of drug-likeness (QED) is 0.738. The molecule has 0 amide bonds. The van der Waals surface area contributed by atoms with E-state index in [0.717, 1.165) is 21.7 Å². The zero-order valence-electron chi connectivity index (χ0n) is 10.9. The average molecular weight is 269 g/mol. The van der Waals surface area contributed by atoms with E-state index in [1.165, 1.54) is 10.4 Å². The maximum absolute atomic E-state index is 6.02. The van der Waals surface area contributed by atoms with Crippen LogP contribution >= 0.6 is 11.3 Å². The highest BCUT2D eigenvalue weighted by Crippen LogP contribution is 2.37. The first-order valence-corrected chi connectivity index (χ1v) is 6.94. The Morgan fingerprint density at radius 2 is 1.79 bits per heavy atom. The summed E-state index contributed by atoms with van der Waals surface area (Å²) < 4.78 is 0. The van der Waals surface area contributed by atoms with Crippen molar-refractivity contribution in [1.29, 1.82) is 0 Å². The Morgan fingerprint density at radius 1 is 1.05 bits per heavy atom. The number of nitrogens with zero attached hydrogens (tertiary/aromatic N) is 1. The first-order chi connectivity index (χ1) is 9.15. The van der Waals surface area contributed by atoms with Gasteiger partial charge in [0.15, 0.2) is 5.82 Å². The molecule has 0 radical (unpaired) electrons. The number of H-pyrrole nitrogens is 1. The highest BCUT2D eigenvalue weighted by molar-refractivity contribution is 7.15. The van der Waals surface area contributed by atoms with E-state index in [4.69, 9.17) is 5.73 Å². The molecule has 3 rings (SSSR count). The van der Waals surface area contributed by atoms with Gasteiger partial charge in [0.1, 0.15) is 0 Å². The summed E-state index contributed by atoms with van der Waals surface area (Å²) in [5.41, 5.74) is 10.3. The Balaban J connectivity index is 2.16. The lowest BCUT2D eigenvalue weighted by atomic mass is 10.0. The molecular formula is C15H15N3S. The summed E-state index contributed by atoms with van der Waals surface area (Å²) >= 11 is 1.74. The van der Waals surface area contributed by atoms with Gasteiger partial charge in [-0.1, -0.05) is 29.8 Å². The molecule has 2 heterocycles. The van der Waals surface area contributed by atoms with Crippen LogP contribution in [-0.4, -0.2) is 10.2 Å². The van der Waals surface area contributed by atoms with Gasteiger partial charge in [-0.2, -0.15) is 5.10 Å². The number of aromatic amines is 1. The van der Waals surface area contributed by atoms with E-state index in [9.17, 15) is 0 Å². The van der Waals surface area contributed by atoms with E-state index >= 15 is 0 Å². The SMILES string of the molecule is Cc1ccc(-c2c(N)n[nH]c2-c2ccc(C)s2)cc1. The van der Waals surface area contributed by atoms with Crippen molar-refractivity contribution in [3.63, 3.8) is 0 Å². The van der Waals surface area contributed by atoms with Crippen LogP contribution in [-0.2, 0) is 0 Å². The number of aromatic nitrogens is 2. The number of rotatable bonds is 2. The van der Waals surface area contributed by atoms with Crippen molar-refractivity contribution in [1.82, 2.24) is 10.2 Å². The van der Waals surface area contributed by atoms with Gasteiger partial charge in [-0.05, 0) is 31.5 Å². The van der Waals surface area contributed by atoms with Crippen LogP contribution in [0, 0.1) is 13.8 Å². The van der Waals surface area contributed by atoms with Crippen molar-refractivity contribution < 1.29 is 0 Å². The summed E-state index contributed by atoms with van der Waals surface area (Å²) in [5, 5.41) is 7.21. The summed E-state index contributed by atoms with van der Waals surface area (Å²) in [7, 11) is 0. The molecule has 4 heteroatoms. The van der Waals surface area contributed by atoms with Crippen molar-refractivity contribution in [3.8, 4) is 21.7 Å². The molecule has 0 unspecified atom stereocenters. The van der Waals surface area contributed by atoms with Gasteiger partial charge in [-0.15, -0.1) is 11.3 Å². The molecule has 2 aromatic heterocycles. The van der Waals surface area contributed by atoms with E-state index in [0.29, 0.717) is 5.82 Å². The van der Waals surface area contributed by atoms with Crippen LogP contribution in [0.4, 0.5) is 5.82 Å². The van der Waals surface area contributed by atoms with Crippen LogP contribution in [0.3, 0.4) is 0 Å². The van der Waals surface area contributed by atoms with Gasteiger partial charge in [0.25, 0.3) is 0 Å². The van der Waals surface area contributed by atoms with Gasteiger partial charge in [0, 0.05) is 4.88 Å². The van der Waals surface area contributed by atoms with Crippen molar-refractivity contribution in [3.05, 3.63) is 46.8 Å². The number of hydrogen-bond donors (Lipinski definition) is 2. The minimum absolute atomic E-state index is 0.546. The number of nitrogens with one attached hydrogen (secondary N) is 1. The maximum Gasteiger partial charge on any atom is 0.153 e. The van der Waals surface area contributed by atoms with Crippen LogP contribution in [0.25, 0.3) is 21.7 Å². The minimum Gasteiger partial charge on any atom is -0.382 e. The van der Waals surface area contributed by atoms with Crippen LogP contribution in [0.5, 0.6) is 0 Å². The van der Waals surface area contributed by atoms with Crippen molar-refractivity contribution in [2.45, 2.75) is 13.8 Å². The molecule has 0 spiro atoms. The van der Waals surface area contributed by atoms with Gasteiger partial charge in [-0.25, -0.2) is 0 Å². The first kappa shape index (κ1) is 12.0. The summed E-state index contributed by atoms with van der Waals surface area (Å²) in [6.07, 6.45) is 0. The van der Waals surface area contributed by atoms with E-state index in [-0.39, 0.29) is 0 Å². The molecule has 0 saturated carbocycles. The number of benzene rings is 1. The molecule has 1 aromatic carbocycles. The second kappa shape index (κ2) is 4.55. The van der Waals surface area contributed by atoms with Crippen molar-refractivity contribution in [2.24, 2.45) is 0 Å². The monoisotopic (exact) mass is 269 g/mol. The Labute approximate surface area is 116 Å². The molecule has 19 heavy (non-hydrogen) atoms. The fourth-order valence-electron chi connectivity index (χ4n) is 2.12. The van der Waals surface area contributed by atoms with Gasteiger partial charge >= 0.3 is 0 Å². The normalized spacial score (nSPS) is 10.8. The van der Waals surface area contributed by atoms with E-state index in [2.05, 4.69) is 60.4 Å². The zero-order chi connectivity index (χ0) is 13.4. The van der Waals surface area contributed by atoms with E-state index < -0.39 is 0 Å². The average Bonchev–Trinajstić information content (AvgIpc) is 2.97. The van der Waals surface area contributed by atoms with Gasteiger partial charge in [0.05, 0.1) is 16.1 Å². The third kappa shape index (κ3) is 2.15. The number of nitrogens with two attached hydrogens (primary N) is 1. The van der Waals surface area contributed by atoms with Crippen LogP contribution in [0.15, 0.2) is 36.4 Å². The van der Waals surface area contributed by atoms with Gasteiger partial charge in [0.2, 0.25) is 0 Å².